The van der Waals surface area contributed by atoms with Gasteiger partial charge < -0.3 is 4.74 Å². The average Bonchev–Trinajstić information content (AvgIpc) is 3.12. The van der Waals surface area contributed by atoms with Gasteiger partial charge in [0, 0.05) is 0 Å². The standard InChI is InChI=1S/C17H17NO3/c1-17-11-8-7-10(9-11)14(17)15(19)18(16(17)20)12-5-3-4-6-13(12)21-2/h3-8,10-11,14H,9H2,1-2H3/t10-,11+,14+,17-/m1/s1. The molecule has 21 heavy (non-hydrogen) atoms. The van der Waals surface area contributed by atoms with E-state index >= 15 is 0 Å². The summed E-state index contributed by atoms with van der Waals surface area (Å²) in [5, 5.41) is 0. The molecule has 3 aliphatic rings. The van der Waals surface area contributed by atoms with E-state index in [1.54, 1.807) is 19.2 Å². The van der Waals surface area contributed by atoms with Crippen LogP contribution in [0.25, 0.3) is 0 Å². The minimum atomic E-state index is -0.586. The lowest BCUT2D eigenvalue weighted by Gasteiger charge is -2.28. The van der Waals surface area contributed by atoms with Crippen LogP contribution in [0.4, 0.5) is 5.69 Å². The summed E-state index contributed by atoms with van der Waals surface area (Å²) in [4.78, 5) is 27.2. The lowest BCUT2D eigenvalue weighted by atomic mass is 9.71. The van der Waals surface area contributed by atoms with Crippen molar-refractivity contribution in [3.8, 4) is 5.75 Å². The Bertz CT molecular complexity index is 680. The quantitative estimate of drug-likeness (QED) is 0.618. The monoisotopic (exact) mass is 283 g/mol. The second kappa shape index (κ2) is 3.97. The summed E-state index contributed by atoms with van der Waals surface area (Å²) in [5.74, 6) is 0.565. The highest BCUT2D eigenvalue weighted by Crippen LogP contribution is 2.61. The Hall–Kier alpha value is -2.10. The van der Waals surface area contributed by atoms with Crippen molar-refractivity contribution in [1.29, 1.82) is 0 Å². The Morgan fingerprint density at radius 1 is 1.24 bits per heavy atom. The lowest BCUT2D eigenvalue weighted by molar-refractivity contribution is -0.127. The first kappa shape index (κ1) is 12.6. The van der Waals surface area contributed by atoms with Crippen LogP contribution in [0.15, 0.2) is 36.4 Å². The number of methoxy groups -OCH3 is 1. The molecule has 1 heterocycles. The summed E-state index contributed by atoms with van der Waals surface area (Å²) >= 11 is 0. The molecule has 0 N–H and O–H groups in total. The van der Waals surface area contributed by atoms with Crippen molar-refractivity contribution in [3.05, 3.63) is 36.4 Å². The summed E-state index contributed by atoms with van der Waals surface area (Å²) in [5.41, 5.74) is -0.0258. The SMILES string of the molecule is COc1ccccc1N1C(=O)[C@@H]2[C@@H]3C=C[C@@H](C3)[C@@]2(C)C1=O. The van der Waals surface area contributed by atoms with E-state index in [4.69, 9.17) is 4.74 Å². The minimum Gasteiger partial charge on any atom is -0.495 e. The molecule has 0 radical (unpaired) electrons. The molecule has 4 rings (SSSR count). The Balaban J connectivity index is 1.83. The molecule has 2 bridgehead atoms. The second-order valence-corrected chi connectivity index (χ2v) is 6.30. The zero-order valence-corrected chi connectivity index (χ0v) is 12.1. The van der Waals surface area contributed by atoms with Crippen LogP contribution in [0, 0.1) is 23.2 Å². The maximum Gasteiger partial charge on any atom is 0.241 e. The lowest BCUT2D eigenvalue weighted by Crippen LogP contribution is -2.37. The first-order valence-corrected chi connectivity index (χ1v) is 7.28. The van der Waals surface area contributed by atoms with Crippen molar-refractivity contribution in [2.75, 3.05) is 12.0 Å². The number of hydrogen-bond acceptors (Lipinski definition) is 3. The fraction of sp³-hybridized carbons (Fsp3) is 0.412. The number of allylic oxidation sites excluding steroid dienone is 2. The molecule has 2 fully saturated rings. The first-order valence-electron chi connectivity index (χ1n) is 7.28. The number of ether oxygens (including phenoxy) is 1. The molecular formula is C17H17NO3. The van der Waals surface area contributed by atoms with E-state index in [1.807, 2.05) is 19.1 Å². The van der Waals surface area contributed by atoms with Crippen molar-refractivity contribution < 1.29 is 14.3 Å². The fourth-order valence-electron chi connectivity index (χ4n) is 4.35. The van der Waals surface area contributed by atoms with Crippen LogP contribution in [-0.2, 0) is 9.59 Å². The van der Waals surface area contributed by atoms with Gasteiger partial charge in [0.05, 0.1) is 24.1 Å². The Kier molecular flexibility index (Phi) is 2.39. The molecule has 1 aliphatic heterocycles. The maximum atomic E-state index is 13.0. The van der Waals surface area contributed by atoms with E-state index in [9.17, 15) is 9.59 Å². The molecule has 2 amide bonds. The molecule has 0 spiro atoms. The topological polar surface area (TPSA) is 46.6 Å². The smallest absolute Gasteiger partial charge is 0.241 e. The number of imide groups is 1. The van der Waals surface area contributed by atoms with Crippen molar-refractivity contribution in [1.82, 2.24) is 0 Å². The van der Waals surface area contributed by atoms with Gasteiger partial charge in [0.2, 0.25) is 11.8 Å². The highest BCUT2D eigenvalue weighted by atomic mass is 16.5. The summed E-state index contributed by atoms with van der Waals surface area (Å²) in [6.07, 6.45) is 5.14. The molecule has 0 aromatic heterocycles. The van der Waals surface area contributed by atoms with Gasteiger partial charge in [0.15, 0.2) is 0 Å². The van der Waals surface area contributed by atoms with E-state index < -0.39 is 5.41 Å². The van der Waals surface area contributed by atoms with Gasteiger partial charge in [-0.05, 0) is 37.3 Å². The van der Waals surface area contributed by atoms with Gasteiger partial charge in [-0.15, -0.1) is 0 Å². The zero-order valence-electron chi connectivity index (χ0n) is 12.1. The molecular weight excluding hydrogens is 266 g/mol. The number of carbonyl (C=O) groups is 2. The van der Waals surface area contributed by atoms with Crippen molar-refractivity contribution in [2.24, 2.45) is 23.2 Å². The first-order chi connectivity index (χ1) is 10.1. The number of hydrogen-bond donors (Lipinski definition) is 0. The van der Waals surface area contributed by atoms with E-state index in [0.717, 1.165) is 6.42 Å². The predicted molar refractivity (Wildman–Crippen MR) is 77.8 cm³/mol. The molecule has 0 unspecified atom stereocenters. The number of fused-ring (bicyclic) bond motifs is 5. The normalized spacial score (nSPS) is 36.5. The zero-order chi connectivity index (χ0) is 14.8. The predicted octanol–water partition coefficient (Wildman–Crippen LogP) is 2.40. The third-order valence-electron chi connectivity index (χ3n) is 5.44. The number of amides is 2. The molecule has 2 aliphatic carbocycles. The molecule has 4 heteroatoms. The number of para-hydroxylation sites is 2. The van der Waals surface area contributed by atoms with Crippen LogP contribution in [0.2, 0.25) is 0 Å². The molecule has 1 aromatic rings. The van der Waals surface area contributed by atoms with Gasteiger partial charge in [0.1, 0.15) is 5.75 Å². The second-order valence-electron chi connectivity index (χ2n) is 6.30. The third kappa shape index (κ3) is 1.35. The van der Waals surface area contributed by atoms with Gasteiger partial charge in [-0.2, -0.15) is 0 Å². The molecule has 4 atom stereocenters. The van der Waals surface area contributed by atoms with Gasteiger partial charge >= 0.3 is 0 Å². The Morgan fingerprint density at radius 2 is 2.00 bits per heavy atom. The number of rotatable bonds is 2. The number of nitrogens with zero attached hydrogens (tertiary/aromatic N) is 1. The third-order valence-corrected chi connectivity index (χ3v) is 5.44. The minimum absolute atomic E-state index is 0.0798. The molecule has 4 nitrogen and oxygen atoms in total. The summed E-state index contributed by atoms with van der Waals surface area (Å²) in [6.45, 7) is 1.95. The summed E-state index contributed by atoms with van der Waals surface area (Å²) < 4.78 is 5.32. The van der Waals surface area contributed by atoms with Gasteiger partial charge in [0.25, 0.3) is 0 Å². The van der Waals surface area contributed by atoms with Crippen LogP contribution in [0.1, 0.15) is 13.3 Å². The molecule has 1 saturated heterocycles. The van der Waals surface area contributed by atoms with Crippen LogP contribution in [-0.4, -0.2) is 18.9 Å². The average molecular weight is 283 g/mol. The highest BCUT2D eigenvalue weighted by Gasteiger charge is 2.67. The van der Waals surface area contributed by atoms with E-state index in [0.29, 0.717) is 11.4 Å². The van der Waals surface area contributed by atoms with Crippen molar-refractivity contribution in [2.45, 2.75) is 13.3 Å². The Labute approximate surface area is 123 Å². The van der Waals surface area contributed by atoms with Gasteiger partial charge in [-0.25, -0.2) is 4.90 Å². The van der Waals surface area contributed by atoms with Crippen molar-refractivity contribution >= 4 is 17.5 Å². The number of anilines is 1. The van der Waals surface area contributed by atoms with Gasteiger partial charge in [-0.1, -0.05) is 24.3 Å². The largest absolute Gasteiger partial charge is 0.495 e. The molecule has 1 saturated carbocycles. The summed E-state index contributed by atoms with van der Waals surface area (Å²) in [6, 6.07) is 7.20. The number of benzene rings is 1. The number of carbonyl (C=O) groups excluding carboxylic acids is 2. The maximum absolute atomic E-state index is 13.0. The van der Waals surface area contributed by atoms with E-state index in [2.05, 4.69) is 12.2 Å². The van der Waals surface area contributed by atoms with Crippen LogP contribution >= 0.6 is 0 Å². The molecule has 108 valence electrons. The van der Waals surface area contributed by atoms with E-state index in [1.165, 1.54) is 4.90 Å². The summed E-state index contributed by atoms with van der Waals surface area (Å²) in [7, 11) is 1.55. The molecule has 1 aromatic carbocycles. The van der Waals surface area contributed by atoms with Crippen LogP contribution in [0.5, 0.6) is 5.75 Å². The van der Waals surface area contributed by atoms with Crippen LogP contribution < -0.4 is 9.64 Å². The van der Waals surface area contributed by atoms with Crippen LogP contribution in [0.3, 0.4) is 0 Å². The fourth-order valence-corrected chi connectivity index (χ4v) is 4.35. The van der Waals surface area contributed by atoms with Gasteiger partial charge in [-0.3, -0.25) is 9.59 Å². The van der Waals surface area contributed by atoms with E-state index in [-0.39, 0.29) is 29.6 Å². The van der Waals surface area contributed by atoms with Crippen molar-refractivity contribution in [3.63, 3.8) is 0 Å². The Morgan fingerprint density at radius 3 is 2.71 bits per heavy atom. The highest BCUT2D eigenvalue weighted by molar-refractivity contribution is 6.25.